The van der Waals surface area contributed by atoms with Gasteiger partial charge in [-0.3, -0.25) is 4.79 Å². The van der Waals surface area contributed by atoms with Gasteiger partial charge in [-0.15, -0.1) is 0 Å². The number of carbonyl (C=O) groups is 1. The fourth-order valence-corrected chi connectivity index (χ4v) is 3.44. The van der Waals surface area contributed by atoms with E-state index in [1.165, 1.54) is 19.1 Å². The van der Waals surface area contributed by atoms with Gasteiger partial charge in [-0.2, -0.15) is 13.2 Å². The smallest absolute Gasteiger partial charge is 0.416 e. The van der Waals surface area contributed by atoms with Gasteiger partial charge in [-0.05, 0) is 68.3 Å². The highest BCUT2D eigenvalue weighted by Gasteiger charge is 2.30. The number of ether oxygens (including phenoxy) is 1. The first kappa shape index (κ1) is 22.2. The zero-order valence-corrected chi connectivity index (χ0v) is 17.6. The van der Waals surface area contributed by atoms with Gasteiger partial charge in [-0.1, -0.05) is 17.7 Å². The lowest BCUT2D eigenvalue weighted by atomic mass is 9.95. The molecule has 162 valence electrons. The van der Waals surface area contributed by atoms with Gasteiger partial charge < -0.3 is 15.8 Å². The SMILES string of the molecule is CC(=O)Nc1cc(C)c(Oc2cccc(C(F)(F)F)c2)c(-c2cc(C)cc(C)c2N)c1. The summed E-state index contributed by atoms with van der Waals surface area (Å²) in [5.74, 6) is 0.171. The second kappa shape index (κ2) is 8.34. The topological polar surface area (TPSA) is 64.3 Å². The van der Waals surface area contributed by atoms with Crippen molar-refractivity contribution in [1.82, 2.24) is 0 Å². The Morgan fingerprint density at radius 3 is 2.32 bits per heavy atom. The second-order valence-corrected chi connectivity index (χ2v) is 7.52. The summed E-state index contributed by atoms with van der Waals surface area (Å²) in [5, 5.41) is 2.74. The predicted octanol–water partition coefficient (Wildman–Crippen LogP) is 6.63. The molecule has 3 aromatic carbocycles. The highest BCUT2D eigenvalue weighted by molar-refractivity contribution is 5.92. The summed E-state index contributed by atoms with van der Waals surface area (Å²) < 4.78 is 45.4. The van der Waals surface area contributed by atoms with Gasteiger partial charge in [0.1, 0.15) is 11.5 Å². The van der Waals surface area contributed by atoms with E-state index in [1.54, 1.807) is 19.1 Å². The molecule has 0 radical (unpaired) electrons. The molecular formula is C24H23F3N2O2. The first-order valence-corrected chi connectivity index (χ1v) is 9.60. The third-order valence-electron chi connectivity index (χ3n) is 4.80. The van der Waals surface area contributed by atoms with Crippen molar-refractivity contribution >= 4 is 17.3 Å². The summed E-state index contributed by atoms with van der Waals surface area (Å²) in [6.45, 7) is 6.96. The Hall–Kier alpha value is -3.48. The quantitative estimate of drug-likeness (QED) is 0.459. The van der Waals surface area contributed by atoms with Crippen molar-refractivity contribution < 1.29 is 22.7 Å². The Morgan fingerprint density at radius 1 is 0.968 bits per heavy atom. The molecule has 31 heavy (non-hydrogen) atoms. The average molecular weight is 428 g/mol. The van der Waals surface area contributed by atoms with Crippen molar-refractivity contribution in [3.05, 3.63) is 70.8 Å². The van der Waals surface area contributed by atoms with Crippen molar-refractivity contribution in [2.24, 2.45) is 0 Å². The first-order chi connectivity index (χ1) is 14.5. The Morgan fingerprint density at radius 2 is 1.68 bits per heavy atom. The van der Waals surface area contributed by atoms with Gasteiger partial charge in [0.05, 0.1) is 5.56 Å². The van der Waals surface area contributed by atoms with Crippen LogP contribution in [0, 0.1) is 20.8 Å². The number of nitrogens with two attached hydrogens (primary N) is 1. The van der Waals surface area contributed by atoms with E-state index in [-0.39, 0.29) is 11.7 Å². The number of carbonyl (C=O) groups excluding carboxylic acids is 1. The third kappa shape index (κ3) is 4.99. The lowest BCUT2D eigenvalue weighted by Gasteiger charge is -2.19. The summed E-state index contributed by atoms with van der Waals surface area (Å²) in [7, 11) is 0. The Labute approximate surface area is 178 Å². The monoisotopic (exact) mass is 428 g/mol. The van der Waals surface area contributed by atoms with Crippen LogP contribution in [0.1, 0.15) is 29.2 Å². The fourth-order valence-electron chi connectivity index (χ4n) is 3.44. The number of amides is 1. The molecular weight excluding hydrogens is 405 g/mol. The molecule has 3 aromatic rings. The molecule has 3 N–H and O–H groups in total. The van der Waals surface area contributed by atoms with Crippen LogP contribution in [0.2, 0.25) is 0 Å². The van der Waals surface area contributed by atoms with Crippen LogP contribution in [0.25, 0.3) is 11.1 Å². The fraction of sp³-hybridized carbons (Fsp3) is 0.208. The maximum absolute atomic E-state index is 13.1. The van der Waals surface area contributed by atoms with Crippen molar-refractivity contribution in [3.8, 4) is 22.6 Å². The van der Waals surface area contributed by atoms with E-state index in [2.05, 4.69) is 5.32 Å². The molecule has 0 heterocycles. The second-order valence-electron chi connectivity index (χ2n) is 7.52. The highest BCUT2D eigenvalue weighted by atomic mass is 19.4. The van der Waals surface area contributed by atoms with E-state index in [0.29, 0.717) is 33.8 Å². The van der Waals surface area contributed by atoms with E-state index in [1.807, 2.05) is 26.0 Å². The number of nitrogens with one attached hydrogen (secondary N) is 1. The molecule has 0 aromatic heterocycles. The normalized spacial score (nSPS) is 11.3. The summed E-state index contributed by atoms with van der Waals surface area (Å²) in [6.07, 6.45) is -4.48. The molecule has 0 spiro atoms. The largest absolute Gasteiger partial charge is 0.456 e. The van der Waals surface area contributed by atoms with E-state index in [4.69, 9.17) is 10.5 Å². The van der Waals surface area contributed by atoms with E-state index in [0.717, 1.165) is 23.3 Å². The van der Waals surface area contributed by atoms with Gasteiger partial charge in [-0.25, -0.2) is 0 Å². The molecule has 0 atom stereocenters. The standard InChI is InChI=1S/C24H23F3N2O2/c1-13-8-14(2)22(28)20(9-13)21-12-18(29-16(4)30)10-15(3)23(21)31-19-7-5-6-17(11-19)24(25,26)27/h5-12H,28H2,1-4H3,(H,29,30). The summed E-state index contributed by atoms with van der Waals surface area (Å²) in [4.78, 5) is 11.6. The Bertz CT molecular complexity index is 1150. The minimum Gasteiger partial charge on any atom is -0.456 e. The van der Waals surface area contributed by atoms with Crippen molar-refractivity contribution in [3.63, 3.8) is 0 Å². The molecule has 0 fully saturated rings. The van der Waals surface area contributed by atoms with Crippen LogP contribution in [0.15, 0.2) is 48.5 Å². The van der Waals surface area contributed by atoms with E-state index < -0.39 is 11.7 Å². The minimum absolute atomic E-state index is 0.0504. The summed E-state index contributed by atoms with van der Waals surface area (Å²) in [6, 6.07) is 11.9. The summed E-state index contributed by atoms with van der Waals surface area (Å²) in [5.41, 5.74) is 10.3. The molecule has 0 aliphatic heterocycles. The number of nitrogen functional groups attached to an aromatic ring is 1. The van der Waals surface area contributed by atoms with Gasteiger partial charge in [0.2, 0.25) is 5.91 Å². The van der Waals surface area contributed by atoms with Crippen LogP contribution in [0.3, 0.4) is 0 Å². The van der Waals surface area contributed by atoms with Crippen LogP contribution in [0.5, 0.6) is 11.5 Å². The zero-order chi connectivity index (χ0) is 22.9. The third-order valence-corrected chi connectivity index (χ3v) is 4.80. The number of hydrogen-bond acceptors (Lipinski definition) is 3. The first-order valence-electron chi connectivity index (χ1n) is 9.60. The van der Waals surface area contributed by atoms with E-state index >= 15 is 0 Å². The Kier molecular flexibility index (Phi) is 5.97. The molecule has 4 nitrogen and oxygen atoms in total. The van der Waals surface area contributed by atoms with Crippen LogP contribution >= 0.6 is 0 Å². The van der Waals surface area contributed by atoms with Gasteiger partial charge in [0.15, 0.2) is 0 Å². The number of anilines is 2. The number of halogens is 3. The lowest BCUT2D eigenvalue weighted by molar-refractivity contribution is -0.137. The van der Waals surface area contributed by atoms with Crippen LogP contribution < -0.4 is 15.8 Å². The van der Waals surface area contributed by atoms with Crippen molar-refractivity contribution in [2.45, 2.75) is 33.9 Å². The molecule has 7 heteroatoms. The zero-order valence-electron chi connectivity index (χ0n) is 17.6. The van der Waals surface area contributed by atoms with Crippen LogP contribution in [-0.4, -0.2) is 5.91 Å². The molecule has 0 aliphatic carbocycles. The Balaban J connectivity index is 2.20. The van der Waals surface area contributed by atoms with Crippen LogP contribution in [-0.2, 0) is 11.0 Å². The molecule has 0 aliphatic rings. The number of aryl methyl sites for hydroxylation is 3. The van der Waals surface area contributed by atoms with E-state index in [9.17, 15) is 18.0 Å². The van der Waals surface area contributed by atoms with Gasteiger partial charge in [0.25, 0.3) is 0 Å². The number of hydrogen-bond donors (Lipinski definition) is 2. The van der Waals surface area contributed by atoms with Crippen LogP contribution in [0.4, 0.5) is 24.5 Å². The predicted molar refractivity (Wildman–Crippen MR) is 116 cm³/mol. The maximum atomic E-state index is 13.1. The lowest BCUT2D eigenvalue weighted by Crippen LogP contribution is -2.07. The molecule has 0 unspecified atom stereocenters. The maximum Gasteiger partial charge on any atom is 0.416 e. The van der Waals surface area contributed by atoms with Crippen molar-refractivity contribution in [2.75, 3.05) is 11.1 Å². The number of alkyl halides is 3. The molecule has 3 rings (SSSR count). The summed E-state index contributed by atoms with van der Waals surface area (Å²) >= 11 is 0. The molecule has 0 bridgehead atoms. The molecule has 1 amide bonds. The number of rotatable bonds is 4. The number of benzene rings is 3. The molecule has 0 saturated heterocycles. The van der Waals surface area contributed by atoms with Gasteiger partial charge in [0, 0.05) is 29.4 Å². The van der Waals surface area contributed by atoms with Gasteiger partial charge >= 0.3 is 6.18 Å². The highest BCUT2D eigenvalue weighted by Crippen LogP contribution is 2.42. The average Bonchev–Trinajstić information content (AvgIpc) is 2.65. The minimum atomic E-state index is -4.48. The molecule has 0 saturated carbocycles. The van der Waals surface area contributed by atoms with Crippen molar-refractivity contribution in [1.29, 1.82) is 0 Å².